The molecule has 0 radical (unpaired) electrons. The van der Waals surface area contributed by atoms with Crippen molar-refractivity contribution in [1.82, 2.24) is 9.88 Å². The van der Waals surface area contributed by atoms with E-state index in [4.69, 9.17) is 23.2 Å². The summed E-state index contributed by atoms with van der Waals surface area (Å²) < 4.78 is 2.18. The van der Waals surface area contributed by atoms with Gasteiger partial charge in [0.05, 0.1) is 10.0 Å². The highest BCUT2D eigenvalue weighted by atomic mass is 35.5. The zero-order chi connectivity index (χ0) is 15.4. The van der Waals surface area contributed by atoms with E-state index in [0.29, 0.717) is 22.0 Å². The van der Waals surface area contributed by atoms with E-state index in [1.165, 1.54) is 5.56 Å². The Bertz CT molecular complexity index is 590. The molecule has 0 saturated carbocycles. The Morgan fingerprint density at radius 3 is 2.52 bits per heavy atom. The zero-order valence-electron chi connectivity index (χ0n) is 12.7. The van der Waals surface area contributed by atoms with Crippen molar-refractivity contribution in [2.75, 3.05) is 6.54 Å². The van der Waals surface area contributed by atoms with Crippen LogP contribution in [0, 0.1) is 5.92 Å². The fraction of sp³-hybridized carbons (Fsp3) is 0.412. The number of benzene rings is 1. The van der Waals surface area contributed by atoms with Gasteiger partial charge in [0.1, 0.15) is 0 Å². The van der Waals surface area contributed by atoms with Crippen LogP contribution in [0.2, 0.25) is 10.0 Å². The summed E-state index contributed by atoms with van der Waals surface area (Å²) in [7, 11) is 0. The van der Waals surface area contributed by atoms with Gasteiger partial charge in [0.25, 0.3) is 0 Å². The highest BCUT2D eigenvalue weighted by Gasteiger charge is 2.15. The van der Waals surface area contributed by atoms with Gasteiger partial charge in [-0.3, -0.25) is 0 Å². The topological polar surface area (TPSA) is 17.0 Å². The van der Waals surface area contributed by atoms with Crippen LogP contribution < -0.4 is 5.32 Å². The molecule has 1 heterocycles. The molecule has 2 nitrogen and oxygen atoms in total. The molecule has 4 heteroatoms. The van der Waals surface area contributed by atoms with Gasteiger partial charge < -0.3 is 9.88 Å². The van der Waals surface area contributed by atoms with E-state index in [-0.39, 0.29) is 0 Å². The third kappa shape index (κ3) is 4.26. The third-order valence-electron chi connectivity index (χ3n) is 3.57. The van der Waals surface area contributed by atoms with E-state index in [1.807, 2.05) is 18.2 Å². The van der Waals surface area contributed by atoms with Crippen LogP contribution in [0.3, 0.4) is 0 Å². The lowest BCUT2D eigenvalue weighted by atomic mass is 9.98. The fourth-order valence-corrected chi connectivity index (χ4v) is 2.87. The molecule has 114 valence electrons. The summed E-state index contributed by atoms with van der Waals surface area (Å²) in [6, 6.07) is 8.36. The SMILES string of the molecule is CCNC(c1ccn(Cc2ccc(Cl)c(Cl)c2)c1)C(C)C. The van der Waals surface area contributed by atoms with Gasteiger partial charge in [-0.25, -0.2) is 0 Å². The first-order chi connectivity index (χ1) is 10.0. The number of hydrogen-bond acceptors (Lipinski definition) is 1. The number of nitrogens with zero attached hydrogens (tertiary/aromatic N) is 1. The molecule has 0 bridgehead atoms. The molecule has 0 saturated heterocycles. The summed E-state index contributed by atoms with van der Waals surface area (Å²) in [5.41, 5.74) is 2.48. The Hall–Kier alpha value is -0.960. The molecule has 1 unspecified atom stereocenters. The molecule has 0 fully saturated rings. The van der Waals surface area contributed by atoms with E-state index >= 15 is 0 Å². The largest absolute Gasteiger partial charge is 0.350 e. The molecule has 1 atom stereocenters. The third-order valence-corrected chi connectivity index (χ3v) is 4.31. The monoisotopic (exact) mass is 324 g/mol. The quantitative estimate of drug-likeness (QED) is 0.777. The number of nitrogens with one attached hydrogen (secondary N) is 1. The van der Waals surface area contributed by atoms with Crippen LogP contribution in [0.15, 0.2) is 36.7 Å². The van der Waals surface area contributed by atoms with E-state index < -0.39 is 0 Å². The number of halogens is 2. The molecule has 0 aliphatic rings. The van der Waals surface area contributed by atoms with E-state index in [2.05, 4.69) is 49.1 Å². The van der Waals surface area contributed by atoms with Crippen molar-refractivity contribution in [2.45, 2.75) is 33.4 Å². The van der Waals surface area contributed by atoms with Crippen molar-refractivity contribution in [3.8, 4) is 0 Å². The maximum atomic E-state index is 6.07. The standard InChI is InChI=1S/C17H22Cl2N2/c1-4-20-17(12(2)3)14-7-8-21(11-14)10-13-5-6-15(18)16(19)9-13/h5-9,11-12,17,20H,4,10H2,1-3H3. The van der Waals surface area contributed by atoms with Crippen molar-refractivity contribution >= 4 is 23.2 Å². The summed E-state index contributed by atoms with van der Waals surface area (Å²) in [5.74, 6) is 0.561. The Balaban J connectivity index is 2.13. The van der Waals surface area contributed by atoms with Crippen LogP contribution in [0.25, 0.3) is 0 Å². The maximum Gasteiger partial charge on any atom is 0.0595 e. The van der Waals surface area contributed by atoms with Gasteiger partial charge in [-0.2, -0.15) is 0 Å². The summed E-state index contributed by atoms with van der Waals surface area (Å²) in [6.45, 7) is 8.39. The van der Waals surface area contributed by atoms with Crippen molar-refractivity contribution < 1.29 is 0 Å². The summed E-state index contributed by atoms with van der Waals surface area (Å²) in [6.07, 6.45) is 4.32. The molecule has 0 amide bonds. The minimum absolute atomic E-state index is 0.394. The molecular formula is C17H22Cl2N2. The maximum absolute atomic E-state index is 6.07. The van der Waals surface area contributed by atoms with Crippen LogP contribution in [0.5, 0.6) is 0 Å². The molecule has 1 aromatic carbocycles. The van der Waals surface area contributed by atoms with Gasteiger partial charge in [-0.1, -0.05) is 50.0 Å². The molecular weight excluding hydrogens is 303 g/mol. The number of aromatic nitrogens is 1. The molecule has 1 aromatic heterocycles. The van der Waals surface area contributed by atoms with Crippen LogP contribution in [0.1, 0.15) is 37.9 Å². The summed E-state index contributed by atoms with van der Waals surface area (Å²) >= 11 is 12.0. The minimum atomic E-state index is 0.394. The Kier molecular flexibility index (Phi) is 5.74. The van der Waals surface area contributed by atoms with Crippen LogP contribution in [-0.4, -0.2) is 11.1 Å². The summed E-state index contributed by atoms with van der Waals surface area (Å²) in [4.78, 5) is 0. The normalized spacial score (nSPS) is 12.9. The number of hydrogen-bond donors (Lipinski definition) is 1. The predicted octanol–water partition coefficient (Wildman–Crippen LogP) is 5.15. The lowest BCUT2D eigenvalue weighted by Crippen LogP contribution is -2.25. The minimum Gasteiger partial charge on any atom is -0.350 e. The van der Waals surface area contributed by atoms with Gasteiger partial charge >= 0.3 is 0 Å². The first-order valence-corrected chi connectivity index (χ1v) is 8.09. The second kappa shape index (κ2) is 7.35. The van der Waals surface area contributed by atoms with Crippen LogP contribution in [0.4, 0.5) is 0 Å². The molecule has 0 aliphatic carbocycles. The fourth-order valence-electron chi connectivity index (χ4n) is 2.55. The Labute approximate surface area is 137 Å². The van der Waals surface area contributed by atoms with E-state index in [0.717, 1.165) is 18.7 Å². The molecule has 0 spiro atoms. The molecule has 0 aliphatic heterocycles. The molecule has 1 N–H and O–H groups in total. The van der Waals surface area contributed by atoms with Crippen molar-refractivity contribution in [1.29, 1.82) is 0 Å². The van der Waals surface area contributed by atoms with Crippen molar-refractivity contribution in [3.05, 3.63) is 57.8 Å². The van der Waals surface area contributed by atoms with Gasteiger partial charge in [0.15, 0.2) is 0 Å². The Morgan fingerprint density at radius 1 is 1.14 bits per heavy atom. The van der Waals surface area contributed by atoms with Crippen LogP contribution in [-0.2, 0) is 6.54 Å². The smallest absolute Gasteiger partial charge is 0.0595 e. The van der Waals surface area contributed by atoms with E-state index in [9.17, 15) is 0 Å². The lowest BCUT2D eigenvalue weighted by Gasteiger charge is -2.20. The van der Waals surface area contributed by atoms with Gasteiger partial charge in [-0.15, -0.1) is 0 Å². The Morgan fingerprint density at radius 2 is 1.90 bits per heavy atom. The highest BCUT2D eigenvalue weighted by Crippen LogP contribution is 2.24. The first kappa shape index (κ1) is 16.4. The molecule has 2 aromatic rings. The average molecular weight is 325 g/mol. The molecule has 2 rings (SSSR count). The second-order valence-corrected chi connectivity index (χ2v) is 6.46. The second-order valence-electron chi connectivity index (χ2n) is 5.64. The van der Waals surface area contributed by atoms with Crippen molar-refractivity contribution in [3.63, 3.8) is 0 Å². The molecule has 21 heavy (non-hydrogen) atoms. The zero-order valence-corrected chi connectivity index (χ0v) is 14.2. The van der Waals surface area contributed by atoms with Gasteiger partial charge in [0, 0.05) is 25.0 Å². The van der Waals surface area contributed by atoms with Crippen molar-refractivity contribution in [2.24, 2.45) is 5.92 Å². The summed E-state index contributed by atoms with van der Waals surface area (Å²) in [5, 5.41) is 4.74. The number of rotatable bonds is 6. The van der Waals surface area contributed by atoms with Gasteiger partial charge in [0.2, 0.25) is 0 Å². The predicted molar refractivity (Wildman–Crippen MR) is 91.3 cm³/mol. The van der Waals surface area contributed by atoms with Gasteiger partial charge in [-0.05, 0) is 41.8 Å². The van der Waals surface area contributed by atoms with Crippen LogP contribution >= 0.6 is 23.2 Å². The first-order valence-electron chi connectivity index (χ1n) is 7.34. The lowest BCUT2D eigenvalue weighted by molar-refractivity contribution is 0.421. The van der Waals surface area contributed by atoms with E-state index in [1.54, 1.807) is 0 Å². The highest BCUT2D eigenvalue weighted by molar-refractivity contribution is 6.42. The average Bonchev–Trinajstić information content (AvgIpc) is 2.88.